The third-order valence-electron chi connectivity index (χ3n) is 2.78. The molecule has 0 radical (unpaired) electrons. The monoisotopic (exact) mass is 373 g/mol. The number of furan rings is 1. The number of hydrogen-bond acceptors (Lipinski definition) is 4. The second-order valence-electron chi connectivity index (χ2n) is 4.34. The summed E-state index contributed by atoms with van der Waals surface area (Å²) < 4.78 is 33.1. The van der Waals surface area contributed by atoms with Crippen molar-refractivity contribution in [2.45, 2.75) is 18.7 Å². The van der Waals surface area contributed by atoms with Gasteiger partial charge in [0.15, 0.2) is 0 Å². The zero-order valence-electron chi connectivity index (χ0n) is 11.2. The molecule has 112 valence electrons. The number of aromatic carboxylic acids is 1. The standard InChI is InChI=1S/C13H12BrNO5S/c1-7-11(13(16)17)12(8(2)20-7)21(18,19)15-10-5-3-9(14)4-6-10/h3-6,15H,1-2H3,(H,16,17). The van der Waals surface area contributed by atoms with Crippen molar-refractivity contribution in [3.8, 4) is 0 Å². The van der Waals surface area contributed by atoms with Crippen LogP contribution in [0.4, 0.5) is 5.69 Å². The number of halogens is 1. The SMILES string of the molecule is Cc1oc(C)c(S(=O)(=O)Nc2ccc(Br)cc2)c1C(=O)O. The van der Waals surface area contributed by atoms with Gasteiger partial charge in [0.2, 0.25) is 0 Å². The van der Waals surface area contributed by atoms with Crippen LogP contribution in [0.2, 0.25) is 0 Å². The Hall–Kier alpha value is -1.80. The van der Waals surface area contributed by atoms with E-state index in [2.05, 4.69) is 20.7 Å². The Balaban J connectivity index is 2.50. The van der Waals surface area contributed by atoms with Gasteiger partial charge >= 0.3 is 5.97 Å². The largest absolute Gasteiger partial charge is 0.478 e. The minimum atomic E-state index is -4.05. The van der Waals surface area contributed by atoms with Crippen LogP contribution in [0.1, 0.15) is 21.9 Å². The van der Waals surface area contributed by atoms with Crippen molar-refractivity contribution in [2.75, 3.05) is 4.72 Å². The van der Waals surface area contributed by atoms with E-state index in [1.807, 2.05) is 0 Å². The summed E-state index contributed by atoms with van der Waals surface area (Å²) in [6.45, 7) is 2.82. The molecule has 2 N–H and O–H groups in total. The molecule has 21 heavy (non-hydrogen) atoms. The summed E-state index contributed by atoms with van der Waals surface area (Å²) in [5, 5.41) is 9.17. The Morgan fingerprint density at radius 2 is 1.76 bits per heavy atom. The fourth-order valence-electron chi connectivity index (χ4n) is 1.96. The smallest absolute Gasteiger partial charge is 0.340 e. The van der Waals surface area contributed by atoms with Crippen LogP contribution in [0.3, 0.4) is 0 Å². The van der Waals surface area contributed by atoms with Crippen molar-refractivity contribution in [2.24, 2.45) is 0 Å². The second kappa shape index (κ2) is 5.53. The van der Waals surface area contributed by atoms with E-state index in [1.54, 1.807) is 24.3 Å². The van der Waals surface area contributed by atoms with E-state index < -0.39 is 16.0 Å². The lowest BCUT2D eigenvalue weighted by Gasteiger charge is -2.08. The Bertz CT molecular complexity index is 793. The molecule has 0 aliphatic carbocycles. The molecule has 0 aliphatic heterocycles. The molecule has 0 bridgehead atoms. The van der Waals surface area contributed by atoms with Crippen molar-refractivity contribution < 1.29 is 22.7 Å². The van der Waals surface area contributed by atoms with Gasteiger partial charge in [-0.15, -0.1) is 0 Å². The summed E-state index contributed by atoms with van der Waals surface area (Å²) in [4.78, 5) is 10.9. The highest BCUT2D eigenvalue weighted by Crippen LogP contribution is 2.28. The maximum absolute atomic E-state index is 12.4. The molecule has 2 aromatic rings. The van der Waals surface area contributed by atoms with E-state index in [0.717, 1.165) is 4.47 Å². The molecule has 0 aliphatic rings. The molecule has 1 aromatic carbocycles. The Morgan fingerprint density at radius 1 is 1.19 bits per heavy atom. The highest BCUT2D eigenvalue weighted by atomic mass is 79.9. The predicted molar refractivity (Wildman–Crippen MR) is 80.1 cm³/mol. The van der Waals surface area contributed by atoms with Gasteiger partial charge in [-0.05, 0) is 38.1 Å². The van der Waals surface area contributed by atoms with Crippen molar-refractivity contribution in [1.29, 1.82) is 0 Å². The van der Waals surface area contributed by atoms with Crippen LogP contribution in [0, 0.1) is 13.8 Å². The van der Waals surface area contributed by atoms with Gasteiger partial charge in [-0.1, -0.05) is 15.9 Å². The van der Waals surface area contributed by atoms with Crippen molar-refractivity contribution in [3.05, 3.63) is 45.8 Å². The third kappa shape index (κ3) is 3.11. The molecule has 0 atom stereocenters. The summed E-state index contributed by atoms with van der Waals surface area (Å²) in [5.74, 6) is -1.26. The fourth-order valence-corrected chi connectivity index (χ4v) is 3.69. The van der Waals surface area contributed by atoms with Gasteiger partial charge in [0.25, 0.3) is 10.0 Å². The number of carboxylic acid groups (broad SMARTS) is 1. The molecule has 0 amide bonds. The normalized spacial score (nSPS) is 11.4. The maximum Gasteiger partial charge on any atom is 0.340 e. The van der Waals surface area contributed by atoms with Crippen LogP contribution < -0.4 is 4.72 Å². The van der Waals surface area contributed by atoms with Crippen molar-refractivity contribution in [3.63, 3.8) is 0 Å². The predicted octanol–water partition coefficient (Wildman–Crippen LogP) is 3.16. The quantitative estimate of drug-likeness (QED) is 0.857. The van der Waals surface area contributed by atoms with Crippen LogP contribution in [-0.2, 0) is 10.0 Å². The summed E-state index contributed by atoms with van der Waals surface area (Å²) >= 11 is 3.25. The molecule has 0 fully saturated rings. The number of aryl methyl sites for hydroxylation is 2. The summed E-state index contributed by atoms with van der Waals surface area (Å²) in [6.07, 6.45) is 0. The Labute approximate surface area is 130 Å². The summed E-state index contributed by atoms with van der Waals surface area (Å²) in [7, 11) is -4.05. The molecule has 0 saturated heterocycles. The number of hydrogen-bond donors (Lipinski definition) is 2. The molecular weight excluding hydrogens is 362 g/mol. The molecule has 1 heterocycles. The van der Waals surface area contributed by atoms with Crippen molar-refractivity contribution in [1.82, 2.24) is 0 Å². The van der Waals surface area contributed by atoms with Gasteiger partial charge in [0.05, 0.1) is 0 Å². The molecule has 0 spiro atoms. The molecule has 8 heteroatoms. The fraction of sp³-hybridized carbons (Fsp3) is 0.154. The number of carboxylic acids is 1. The first-order chi connectivity index (χ1) is 9.72. The molecule has 0 unspecified atom stereocenters. The van der Waals surface area contributed by atoms with Crippen LogP contribution in [0.25, 0.3) is 0 Å². The number of nitrogens with one attached hydrogen (secondary N) is 1. The van der Waals surface area contributed by atoms with E-state index in [4.69, 9.17) is 9.52 Å². The highest BCUT2D eigenvalue weighted by molar-refractivity contribution is 9.10. The number of anilines is 1. The zero-order valence-corrected chi connectivity index (χ0v) is 13.6. The summed E-state index contributed by atoms with van der Waals surface area (Å²) in [5.41, 5.74) is -0.0232. The number of rotatable bonds is 4. The average molecular weight is 374 g/mol. The van der Waals surface area contributed by atoms with Gasteiger partial charge in [-0.2, -0.15) is 0 Å². The Morgan fingerprint density at radius 3 is 2.29 bits per heavy atom. The van der Waals surface area contributed by atoms with E-state index in [9.17, 15) is 13.2 Å². The lowest BCUT2D eigenvalue weighted by molar-refractivity contribution is 0.0691. The molecule has 0 saturated carbocycles. The van der Waals surface area contributed by atoms with Crippen LogP contribution in [0.15, 0.2) is 38.1 Å². The lowest BCUT2D eigenvalue weighted by Crippen LogP contribution is -2.16. The average Bonchev–Trinajstić information content (AvgIpc) is 2.67. The first-order valence-corrected chi connectivity index (χ1v) is 8.11. The number of sulfonamides is 1. The lowest BCUT2D eigenvalue weighted by atomic mass is 10.2. The van der Waals surface area contributed by atoms with E-state index >= 15 is 0 Å². The van der Waals surface area contributed by atoms with E-state index in [0.29, 0.717) is 5.69 Å². The Kier molecular flexibility index (Phi) is 4.11. The van der Waals surface area contributed by atoms with Gasteiger partial charge in [0.1, 0.15) is 22.0 Å². The van der Waals surface area contributed by atoms with Crippen LogP contribution >= 0.6 is 15.9 Å². The van der Waals surface area contributed by atoms with Crippen molar-refractivity contribution >= 4 is 37.6 Å². The molecule has 6 nitrogen and oxygen atoms in total. The number of carbonyl (C=O) groups is 1. The number of benzene rings is 1. The van der Waals surface area contributed by atoms with E-state index in [-0.39, 0.29) is 22.0 Å². The molecule has 1 aromatic heterocycles. The highest BCUT2D eigenvalue weighted by Gasteiger charge is 2.30. The van der Waals surface area contributed by atoms with Gasteiger partial charge in [-0.25, -0.2) is 13.2 Å². The van der Waals surface area contributed by atoms with E-state index in [1.165, 1.54) is 13.8 Å². The van der Waals surface area contributed by atoms with Gasteiger partial charge in [0, 0.05) is 10.2 Å². The molecule has 2 rings (SSSR count). The zero-order chi connectivity index (χ0) is 15.8. The molecular formula is C13H12BrNO5S. The second-order valence-corrected chi connectivity index (χ2v) is 6.87. The van der Waals surface area contributed by atoms with Crippen LogP contribution in [0.5, 0.6) is 0 Å². The summed E-state index contributed by atoms with van der Waals surface area (Å²) in [6, 6.07) is 6.46. The third-order valence-corrected chi connectivity index (χ3v) is 4.85. The van der Waals surface area contributed by atoms with Gasteiger partial charge in [-0.3, -0.25) is 4.72 Å². The maximum atomic E-state index is 12.4. The van der Waals surface area contributed by atoms with Gasteiger partial charge < -0.3 is 9.52 Å². The first-order valence-electron chi connectivity index (χ1n) is 5.84. The first kappa shape index (κ1) is 15.6. The van der Waals surface area contributed by atoms with Crippen LogP contribution in [-0.4, -0.2) is 19.5 Å². The minimum Gasteiger partial charge on any atom is -0.478 e. The minimum absolute atomic E-state index is 0.0366. The topological polar surface area (TPSA) is 96.6 Å².